The van der Waals surface area contributed by atoms with Gasteiger partial charge in [-0.25, -0.2) is 22.2 Å². The third-order valence-corrected chi connectivity index (χ3v) is 7.01. The minimum atomic E-state index is -1.64. The zero-order chi connectivity index (χ0) is 27.4. The summed E-state index contributed by atoms with van der Waals surface area (Å²) in [4.78, 5) is 11.3. The van der Waals surface area contributed by atoms with Crippen LogP contribution in [0.1, 0.15) is 52.7 Å². The van der Waals surface area contributed by atoms with Crippen LogP contribution in [-0.2, 0) is 10.8 Å². The van der Waals surface area contributed by atoms with Crippen molar-refractivity contribution in [1.29, 1.82) is 0 Å². The Bertz CT molecular complexity index is 1500. The Morgan fingerprint density at radius 1 is 0.757 bits per heavy atom. The van der Waals surface area contributed by atoms with Gasteiger partial charge in [0.05, 0.1) is 0 Å². The maximum absolute atomic E-state index is 15.2. The van der Waals surface area contributed by atoms with Crippen molar-refractivity contribution in [2.45, 2.75) is 52.4 Å². The summed E-state index contributed by atoms with van der Waals surface area (Å²) in [7, 11) is 0. The average molecular weight is 624 g/mol. The van der Waals surface area contributed by atoms with E-state index in [2.05, 4.69) is 57.9 Å². The molecule has 0 atom stereocenters. The summed E-state index contributed by atoms with van der Waals surface area (Å²) in [6.07, 6.45) is 2.05. The van der Waals surface area contributed by atoms with Crippen LogP contribution >= 0.6 is 22.6 Å². The predicted octanol–water partition coefficient (Wildman–Crippen LogP) is 6.84. The minimum Gasteiger partial charge on any atom is -0.318 e. The lowest BCUT2D eigenvalue weighted by molar-refractivity contribution is 0.437. The number of hydrogen-bond acceptors (Lipinski definition) is 3. The third kappa shape index (κ3) is 4.95. The molecule has 2 aromatic heterocycles. The molecule has 194 valence electrons. The molecule has 2 aromatic carbocycles. The van der Waals surface area contributed by atoms with Gasteiger partial charge in [-0.15, -0.1) is 5.10 Å². The molecule has 0 saturated carbocycles. The van der Waals surface area contributed by atoms with Gasteiger partial charge in [-0.05, 0) is 56.7 Å². The fraction of sp³-hybridized carbons (Fsp3) is 0.296. The van der Waals surface area contributed by atoms with Crippen molar-refractivity contribution >= 4 is 22.6 Å². The summed E-state index contributed by atoms with van der Waals surface area (Å²) in [5.41, 5.74) is 0.220. The first-order chi connectivity index (χ1) is 17.1. The van der Waals surface area contributed by atoms with Crippen LogP contribution in [0.2, 0.25) is 0 Å². The first-order valence-electron chi connectivity index (χ1n) is 11.4. The molecule has 37 heavy (non-hydrogen) atoms. The number of benzene rings is 2. The minimum absolute atomic E-state index is 0.177. The van der Waals surface area contributed by atoms with Crippen molar-refractivity contribution in [3.63, 3.8) is 0 Å². The van der Waals surface area contributed by atoms with Gasteiger partial charge in [-0.1, -0.05) is 52.8 Å². The number of nitrogens with zero attached hydrogens (tertiary/aromatic N) is 4. The van der Waals surface area contributed by atoms with Crippen LogP contribution in [0.15, 0.2) is 47.5 Å². The topological polar surface area (TPSA) is 52.7 Å². The Kier molecular flexibility index (Phi) is 6.85. The molecule has 0 aliphatic rings. The van der Waals surface area contributed by atoms with Gasteiger partial charge in [0, 0.05) is 30.1 Å². The van der Waals surface area contributed by atoms with E-state index < -0.39 is 40.1 Å². The first kappa shape index (κ1) is 27.0. The summed E-state index contributed by atoms with van der Waals surface area (Å²) in [5, 5.41) is 7.99. The molecule has 0 bridgehead atoms. The van der Waals surface area contributed by atoms with Crippen molar-refractivity contribution in [1.82, 2.24) is 19.6 Å². The molecule has 5 nitrogen and oxygen atoms in total. The fourth-order valence-electron chi connectivity index (χ4n) is 3.80. The highest BCUT2D eigenvalue weighted by Crippen LogP contribution is 2.36. The highest BCUT2D eigenvalue weighted by Gasteiger charge is 2.30. The average Bonchev–Trinajstić information content (AvgIpc) is 3.19. The van der Waals surface area contributed by atoms with Gasteiger partial charge in [0.15, 0.2) is 28.7 Å². The lowest BCUT2D eigenvalue weighted by atomic mass is 9.79. The second-order valence-electron chi connectivity index (χ2n) is 10.8. The van der Waals surface area contributed by atoms with E-state index in [-0.39, 0.29) is 14.5 Å². The Labute approximate surface area is 225 Å². The number of aromatic nitrogens is 4. The van der Waals surface area contributed by atoms with E-state index in [1.54, 1.807) is 0 Å². The van der Waals surface area contributed by atoms with Crippen LogP contribution in [0.4, 0.5) is 17.6 Å². The smallest absolute Gasteiger partial charge is 0.189 e. The van der Waals surface area contributed by atoms with E-state index in [0.29, 0.717) is 11.3 Å². The standard InChI is InChI=1S/C27H25F4IN4O/c1-26(2,3)15-11-14(12-16(13-15)27(4,5)6)22-25(32)36(34-33-22)24-20(30)18(28)23(19(29)21(24)31)35-9-7-17(37)8-10-35/h7-13H,1-6H3. The van der Waals surface area contributed by atoms with Gasteiger partial charge in [0.2, 0.25) is 0 Å². The van der Waals surface area contributed by atoms with Gasteiger partial charge < -0.3 is 4.57 Å². The zero-order valence-electron chi connectivity index (χ0n) is 21.1. The Morgan fingerprint density at radius 2 is 1.22 bits per heavy atom. The summed E-state index contributed by atoms with van der Waals surface area (Å²) >= 11 is 1.81. The molecule has 0 saturated heterocycles. The molecule has 0 aliphatic carbocycles. The predicted molar refractivity (Wildman–Crippen MR) is 142 cm³/mol. The molecular formula is C27H25F4IN4O. The van der Waals surface area contributed by atoms with E-state index >= 15 is 17.6 Å². The van der Waals surface area contributed by atoms with E-state index in [9.17, 15) is 4.79 Å². The molecule has 0 unspecified atom stereocenters. The van der Waals surface area contributed by atoms with Crippen LogP contribution < -0.4 is 5.43 Å². The van der Waals surface area contributed by atoms with Crippen LogP contribution in [0.25, 0.3) is 22.6 Å². The second-order valence-corrected chi connectivity index (χ2v) is 11.9. The Hall–Kier alpha value is -3.02. The van der Waals surface area contributed by atoms with E-state index in [1.165, 1.54) is 0 Å². The van der Waals surface area contributed by atoms with Crippen molar-refractivity contribution < 1.29 is 17.6 Å². The van der Waals surface area contributed by atoms with Crippen molar-refractivity contribution in [2.24, 2.45) is 0 Å². The molecule has 0 radical (unpaired) electrons. The van der Waals surface area contributed by atoms with Gasteiger partial charge in [0.1, 0.15) is 20.8 Å². The van der Waals surface area contributed by atoms with Crippen LogP contribution in [-0.4, -0.2) is 19.6 Å². The molecule has 0 amide bonds. The molecular weight excluding hydrogens is 599 g/mol. The number of halogens is 5. The first-order valence-corrected chi connectivity index (χ1v) is 12.5. The van der Waals surface area contributed by atoms with Gasteiger partial charge in [-0.2, -0.15) is 0 Å². The highest BCUT2D eigenvalue weighted by atomic mass is 127. The lowest BCUT2D eigenvalue weighted by Crippen LogP contribution is -2.16. The van der Waals surface area contributed by atoms with E-state index in [1.807, 2.05) is 34.7 Å². The molecule has 4 rings (SSSR count). The number of rotatable bonds is 3. The van der Waals surface area contributed by atoms with Gasteiger partial charge in [0.25, 0.3) is 0 Å². The summed E-state index contributed by atoms with van der Waals surface area (Å²) in [6, 6.07) is 8.01. The monoisotopic (exact) mass is 624 g/mol. The maximum Gasteiger partial charge on any atom is 0.189 e. The molecule has 0 fully saturated rings. The maximum atomic E-state index is 15.2. The molecule has 0 N–H and O–H groups in total. The number of hydrogen-bond donors (Lipinski definition) is 0. The largest absolute Gasteiger partial charge is 0.318 e. The molecule has 4 aromatic rings. The fourth-order valence-corrected chi connectivity index (χ4v) is 4.56. The Morgan fingerprint density at radius 3 is 1.68 bits per heavy atom. The third-order valence-electron chi connectivity index (χ3n) is 6.04. The van der Waals surface area contributed by atoms with Crippen LogP contribution in [0.5, 0.6) is 0 Å². The van der Waals surface area contributed by atoms with E-state index in [0.717, 1.165) is 44.9 Å². The van der Waals surface area contributed by atoms with E-state index in [4.69, 9.17) is 0 Å². The summed E-state index contributed by atoms with van der Waals surface area (Å²) in [5.74, 6) is -6.54. The van der Waals surface area contributed by atoms with Crippen molar-refractivity contribution in [3.05, 3.63) is 91.0 Å². The highest BCUT2D eigenvalue weighted by molar-refractivity contribution is 14.1. The quantitative estimate of drug-likeness (QED) is 0.143. The van der Waals surface area contributed by atoms with Crippen LogP contribution in [0, 0.1) is 27.0 Å². The van der Waals surface area contributed by atoms with Gasteiger partial charge in [-0.3, -0.25) is 4.79 Å². The molecule has 10 heteroatoms. The Balaban J connectivity index is 1.91. The summed E-state index contributed by atoms with van der Waals surface area (Å²) in [6.45, 7) is 12.4. The summed E-state index contributed by atoms with van der Waals surface area (Å²) < 4.78 is 62.3. The SMILES string of the molecule is CC(C)(C)c1cc(-c2nnn(-c3c(F)c(F)c(-n4ccc(=O)cc4)c(F)c3F)c2I)cc(C(C)(C)C)c1. The van der Waals surface area contributed by atoms with Gasteiger partial charge >= 0.3 is 0 Å². The normalized spacial score (nSPS) is 12.3. The van der Waals surface area contributed by atoms with Crippen LogP contribution in [0.3, 0.4) is 0 Å². The second kappa shape index (κ2) is 9.38. The van der Waals surface area contributed by atoms with Crippen molar-refractivity contribution in [3.8, 4) is 22.6 Å². The molecule has 0 aliphatic heterocycles. The molecule has 2 heterocycles. The zero-order valence-corrected chi connectivity index (χ0v) is 23.3. The molecule has 0 spiro atoms. The van der Waals surface area contributed by atoms with Crippen molar-refractivity contribution in [2.75, 3.05) is 0 Å². The lowest BCUT2D eigenvalue weighted by Gasteiger charge is -2.26. The number of pyridine rings is 1.